The number of thiazole rings is 1. The molecule has 0 fully saturated rings. The fourth-order valence-corrected chi connectivity index (χ4v) is 4.34. The third kappa shape index (κ3) is 3.02. The van der Waals surface area contributed by atoms with Crippen molar-refractivity contribution in [2.24, 2.45) is 4.99 Å². The first-order valence-electron chi connectivity index (χ1n) is 7.16. The zero-order valence-corrected chi connectivity index (χ0v) is 14.3. The van der Waals surface area contributed by atoms with Crippen LogP contribution in [0, 0.1) is 0 Å². The summed E-state index contributed by atoms with van der Waals surface area (Å²) in [4.78, 5) is 21.0. The van der Waals surface area contributed by atoms with Crippen LogP contribution < -0.4 is 10.9 Å². The van der Waals surface area contributed by atoms with Gasteiger partial charge in [-0.2, -0.15) is 0 Å². The Kier molecular flexibility index (Phi) is 4.46. The smallest absolute Gasteiger partial charge is 0.259 e. The summed E-state index contributed by atoms with van der Waals surface area (Å²) in [5, 5.41) is 1.77. The maximum atomic E-state index is 11.8. The quantitative estimate of drug-likeness (QED) is 0.843. The van der Waals surface area contributed by atoms with E-state index in [1.165, 1.54) is 10.3 Å². The summed E-state index contributed by atoms with van der Waals surface area (Å²) in [6, 6.07) is 6.05. The summed E-state index contributed by atoms with van der Waals surface area (Å²) in [6.07, 6.45) is 0. The monoisotopic (exact) mass is 334 g/mol. The lowest BCUT2D eigenvalue weighted by molar-refractivity contribution is -0.122. The normalized spacial score (nSPS) is 18.0. The minimum absolute atomic E-state index is 0.104. The van der Waals surface area contributed by atoms with E-state index >= 15 is 0 Å². The van der Waals surface area contributed by atoms with Gasteiger partial charge in [-0.15, -0.1) is 23.1 Å². The minimum Gasteiger partial charge on any atom is -0.290 e. The second kappa shape index (κ2) is 6.36. The van der Waals surface area contributed by atoms with Crippen LogP contribution in [-0.4, -0.2) is 34.8 Å². The van der Waals surface area contributed by atoms with Crippen LogP contribution in [0.15, 0.2) is 23.2 Å². The Bertz CT molecular complexity index is 738. The van der Waals surface area contributed by atoms with Crippen LogP contribution in [0.3, 0.4) is 0 Å². The van der Waals surface area contributed by atoms with Crippen molar-refractivity contribution in [3.63, 3.8) is 0 Å². The number of aromatic nitrogens is 1. The number of fused-ring (bicyclic) bond motifs is 1. The molecule has 1 atom stereocenters. The van der Waals surface area contributed by atoms with E-state index in [9.17, 15) is 4.79 Å². The molecule has 1 aromatic heterocycles. The number of nitrogens with one attached hydrogen (secondary N) is 2. The molecule has 2 heterocycles. The summed E-state index contributed by atoms with van der Waals surface area (Å²) in [5.74, 6) is 1.06. The number of hydrazine groups is 1. The van der Waals surface area contributed by atoms with E-state index in [0.29, 0.717) is 11.7 Å². The maximum absolute atomic E-state index is 11.8. The highest BCUT2D eigenvalue weighted by Crippen LogP contribution is 2.31. The van der Waals surface area contributed by atoms with Gasteiger partial charge in [-0.3, -0.25) is 15.2 Å². The molecule has 1 aromatic carbocycles. The zero-order valence-electron chi connectivity index (χ0n) is 12.7. The molecule has 0 aliphatic carbocycles. The van der Waals surface area contributed by atoms with Gasteiger partial charge in [-0.1, -0.05) is 19.9 Å². The van der Waals surface area contributed by atoms with E-state index in [0.717, 1.165) is 15.6 Å². The third-order valence-electron chi connectivity index (χ3n) is 3.46. The fourth-order valence-electron chi connectivity index (χ4n) is 2.22. The molecule has 0 saturated heterocycles. The highest BCUT2D eigenvalue weighted by Gasteiger charge is 2.27. The van der Waals surface area contributed by atoms with Crippen LogP contribution in [0.1, 0.15) is 30.3 Å². The molecule has 0 bridgehead atoms. The van der Waals surface area contributed by atoms with Gasteiger partial charge >= 0.3 is 0 Å². The van der Waals surface area contributed by atoms with E-state index in [2.05, 4.69) is 52.9 Å². The van der Waals surface area contributed by atoms with Gasteiger partial charge < -0.3 is 0 Å². The lowest BCUT2D eigenvalue weighted by atomic mass is 10.0. The molecule has 3 rings (SSSR count). The Morgan fingerprint density at radius 3 is 2.95 bits per heavy atom. The number of amides is 1. The van der Waals surface area contributed by atoms with Crippen LogP contribution in [0.2, 0.25) is 0 Å². The maximum Gasteiger partial charge on any atom is 0.259 e. The number of benzene rings is 1. The van der Waals surface area contributed by atoms with Gasteiger partial charge in [0.2, 0.25) is 0 Å². The standard InChI is InChI=1S/C15H18N4OS2/c1-8(2)9-4-5-10-12(6-9)22-15(17-10)14-18-11(7-21-14)13(20)19-16-3/h4-6,8,11,16H,7H2,1-3H3,(H,19,20). The Morgan fingerprint density at radius 1 is 1.41 bits per heavy atom. The number of hydrogen-bond donors (Lipinski definition) is 2. The van der Waals surface area contributed by atoms with Gasteiger partial charge in [-0.25, -0.2) is 10.4 Å². The molecule has 1 amide bonds. The van der Waals surface area contributed by atoms with Crippen molar-refractivity contribution in [3.8, 4) is 0 Å². The van der Waals surface area contributed by atoms with Crippen molar-refractivity contribution in [3.05, 3.63) is 28.8 Å². The molecular weight excluding hydrogens is 316 g/mol. The Balaban J connectivity index is 1.87. The minimum atomic E-state index is -0.342. The lowest BCUT2D eigenvalue weighted by Gasteiger charge is -2.05. The molecule has 0 spiro atoms. The van der Waals surface area contributed by atoms with Crippen LogP contribution >= 0.6 is 23.1 Å². The highest BCUT2D eigenvalue weighted by molar-refractivity contribution is 8.15. The molecule has 7 heteroatoms. The van der Waals surface area contributed by atoms with Crippen molar-refractivity contribution in [1.82, 2.24) is 15.8 Å². The van der Waals surface area contributed by atoms with Crippen LogP contribution in [0.5, 0.6) is 0 Å². The topological polar surface area (TPSA) is 66.4 Å². The number of carbonyl (C=O) groups excluding carboxylic acids is 1. The van der Waals surface area contributed by atoms with Gasteiger partial charge in [0, 0.05) is 12.8 Å². The van der Waals surface area contributed by atoms with Crippen molar-refractivity contribution in [2.75, 3.05) is 12.8 Å². The zero-order chi connectivity index (χ0) is 15.7. The fraction of sp³-hybridized carbons (Fsp3) is 0.400. The average molecular weight is 334 g/mol. The molecule has 1 aliphatic rings. The van der Waals surface area contributed by atoms with E-state index in [-0.39, 0.29) is 11.9 Å². The number of aliphatic imine (C=N–C) groups is 1. The first kappa shape index (κ1) is 15.5. The van der Waals surface area contributed by atoms with Gasteiger partial charge in [0.25, 0.3) is 5.91 Å². The summed E-state index contributed by atoms with van der Waals surface area (Å²) < 4.78 is 1.17. The lowest BCUT2D eigenvalue weighted by Crippen LogP contribution is -2.41. The summed E-state index contributed by atoms with van der Waals surface area (Å²) in [5.41, 5.74) is 7.54. The Morgan fingerprint density at radius 2 is 2.23 bits per heavy atom. The van der Waals surface area contributed by atoms with Gasteiger partial charge in [0.05, 0.1) is 10.2 Å². The second-order valence-electron chi connectivity index (χ2n) is 5.40. The van der Waals surface area contributed by atoms with Crippen molar-refractivity contribution in [2.45, 2.75) is 25.8 Å². The molecule has 1 aliphatic heterocycles. The summed E-state index contributed by atoms with van der Waals surface area (Å²) in [6.45, 7) is 4.37. The number of hydrogen-bond acceptors (Lipinski definition) is 6. The molecule has 0 saturated carbocycles. The molecule has 22 heavy (non-hydrogen) atoms. The third-order valence-corrected chi connectivity index (χ3v) is 5.67. The van der Waals surface area contributed by atoms with Crippen molar-refractivity contribution >= 4 is 44.3 Å². The predicted octanol–water partition coefficient (Wildman–Crippen LogP) is 2.53. The highest BCUT2D eigenvalue weighted by atomic mass is 32.2. The van der Waals surface area contributed by atoms with Gasteiger partial charge in [0.1, 0.15) is 16.1 Å². The van der Waals surface area contributed by atoms with Crippen molar-refractivity contribution in [1.29, 1.82) is 0 Å². The predicted molar refractivity (Wildman–Crippen MR) is 93.7 cm³/mol. The van der Waals surface area contributed by atoms with E-state index in [1.54, 1.807) is 30.1 Å². The molecule has 5 nitrogen and oxygen atoms in total. The Labute approximate surface area is 137 Å². The van der Waals surface area contributed by atoms with E-state index in [1.807, 2.05) is 0 Å². The SMILES string of the molecule is CNNC(=O)C1CSC(c2nc3ccc(C(C)C)cc3s2)=N1. The van der Waals surface area contributed by atoms with Crippen molar-refractivity contribution < 1.29 is 4.79 Å². The molecule has 116 valence electrons. The average Bonchev–Trinajstić information content (AvgIpc) is 3.13. The van der Waals surface area contributed by atoms with E-state index in [4.69, 9.17) is 0 Å². The Hall–Kier alpha value is -1.44. The number of nitrogens with zero attached hydrogens (tertiary/aromatic N) is 2. The van der Waals surface area contributed by atoms with Gasteiger partial charge in [0.15, 0.2) is 0 Å². The second-order valence-corrected chi connectivity index (χ2v) is 7.44. The largest absolute Gasteiger partial charge is 0.290 e. The molecule has 1 unspecified atom stereocenters. The first-order chi connectivity index (χ1) is 10.6. The molecule has 2 N–H and O–H groups in total. The van der Waals surface area contributed by atoms with Gasteiger partial charge in [-0.05, 0) is 23.6 Å². The van der Waals surface area contributed by atoms with Crippen LogP contribution in [0.4, 0.5) is 0 Å². The number of thioether (sulfide) groups is 1. The first-order valence-corrected chi connectivity index (χ1v) is 8.96. The molecular formula is C15H18N4OS2. The van der Waals surface area contributed by atoms with E-state index < -0.39 is 0 Å². The molecule has 0 radical (unpaired) electrons. The summed E-state index contributed by atoms with van der Waals surface area (Å²) >= 11 is 3.24. The van der Waals surface area contributed by atoms with Crippen LogP contribution in [0.25, 0.3) is 10.2 Å². The summed E-state index contributed by atoms with van der Waals surface area (Å²) in [7, 11) is 1.67. The number of carbonyl (C=O) groups is 1. The number of rotatable bonds is 4. The molecule has 2 aromatic rings. The van der Waals surface area contributed by atoms with Crippen LogP contribution in [-0.2, 0) is 4.79 Å².